The summed E-state index contributed by atoms with van der Waals surface area (Å²) in [4.78, 5) is 41.7. The minimum absolute atomic E-state index is 0.0141. The molecule has 2 aromatic heterocycles. The third-order valence-corrected chi connectivity index (χ3v) is 5.59. The van der Waals surface area contributed by atoms with Crippen LogP contribution in [-0.4, -0.2) is 51.6 Å². The molecule has 2 fully saturated rings. The topological polar surface area (TPSA) is 197 Å². The molecular weight excluding hydrogens is 428 g/mol. The van der Waals surface area contributed by atoms with Crippen LogP contribution in [0.3, 0.4) is 0 Å². The Bertz CT molecular complexity index is 950. The highest BCUT2D eigenvalue weighted by atomic mass is 16.6. The van der Waals surface area contributed by atoms with Crippen LogP contribution in [0.25, 0.3) is 0 Å². The average Bonchev–Trinajstić information content (AvgIpc) is 3.54. The van der Waals surface area contributed by atoms with Crippen molar-refractivity contribution in [2.75, 3.05) is 0 Å². The zero-order chi connectivity index (χ0) is 23.4. The first kappa shape index (κ1) is 22.8. The van der Waals surface area contributed by atoms with Crippen molar-refractivity contribution in [3.05, 3.63) is 43.7 Å². The van der Waals surface area contributed by atoms with E-state index in [-0.39, 0.29) is 29.3 Å². The molecule has 0 bridgehead atoms. The van der Waals surface area contributed by atoms with E-state index in [1.165, 1.54) is 9.36 Å². The summed E-state index contributed by atoms with van der Waals surface area (Å²) in [5.41, 5.74) is -0.364. The van der Waals surface area contributed by atoms with Crippen molar-refractivity contribution in [1.29, 1.82) is 0 Å². The Labute approximate surface area is 180 Å². The van der Waals surface area contributed by atoms with Gasteiger partial charge in [0.05, 0.1) is 23.3 Å². The van der Waals surface area contributed by atoms with Crippen molar-refractivity contribution < 1.29 is 29.6 Å². The van der Waals surface area contributed by atoms with Gasteiger partial charge in [-0.15, -0.1) is 4.68 Å². The molecule has 0 unspecified atom stereocenters. The van der Waals surface area contributed by atoms with E-state index >= 15 is 0 Å². The Morgan fingerprint density at radius 3 is 1.81 bits per heavy atom. The summed E-state index contributed by atoms with van der Waals surface area (Å²) < 4.78 is 2.53. The Hall–Kier alpha value is -3.84. The van der Waals surface area contributed by atoms with Crippen molar-refractivity contribution in [2.45, 2.75) is 63.5 Å². The number of carbonyl (C=O) groups is 2. The molecule has 0 spiro atoms. The standard InChI is InChI=1S/2C9H11N3O4/c13-9(14)7-5-8(12(15)16)10-11(7)6-3-1-2-4-6;13-9(14)7-5-8(12(15)16)11(10-7)6-3-1-2-4-6/h2*5-6H,1-4H2,(H,13,14). The first-order valence-electron chi connectivity index (χ1n) is 10.1. The Morgan fingerprint density at radius 2 is 1.38 bits per heavy atom. The van der Waals surface area contributed by atoms with Gasteiger partial charge in [-0.2, -0.15) is 4.68 Å². The molecule has 0 amide bonds. The number of nitrogens with zero attached hydrogens (tertiary/aromatic N) is 6. The maximum atomic E-state index is 10.9. The first-order valence-corrected chi connectivity index (χ1v) is 10.1. The second kappa shape index (κ2) is 9.53. The molecule has 2 aliphatic carbocycles. The molecule has 2 aromatic rings. The third-order valence-electron chi connectivity index (χ3n) is 5.59. The smallest absolute Gasteiger partial charge is 0.390 e. The van der Waals surface area contributed by atoms with Gasteiger partial charge in [-0.1, -0.05) is 17.9 Å². The second-order valence-electron chi connectivity index (χ2n) is 7.67. The zero-order valence-corrected chi connectivity index (χ0v) is 17.0. The molecule has 0 radical (unpaired) electrons. The fourth-order valence-electron chi connectivity index (χ4n) is 4.10. The lowest BCUT2D eigenvalue weighted by Crippen LogP contribution is -2.14. The monoisotopic (exact) mass is 450 g/mol. The highest BCUT2D eigenvalue weighted by molar-refractivity contribution is 5.86. The molecule has 172 valence electrons. The van der Waals surface area contributed by atoms with Gasteiger partial charge in [-0.3, -0.25) is 0 Å². The molecule has 0 aliphatic heterocycles. The van der Waals surface area contributed by atoms with Gasteiger partial charge in [0, 0.05) is 0 Å². The van der Waals surface area contributed by atoms with Gasteiger partial charge >= 0.3 is 23.6 Å². The third kappa shape index (κ3) is 4.90. The fourth-order valence-corrected chi connectivity index (χ4v) is 4.10. The Balaban J connectivity index is 0.000000181. The highest BCUT2D eigenvalue weighted by Crippen LogP contribution is 2.33. The van der Waals surface area contributed by atoms with Crippen molar-refractivity contribution >= 4 is 23.6 Å². The minimum Gasteiger partial charge on any atom is -0.476 e. The predicted molar refractivity (Wildman–Crippen MR) is 107 cm³/mol. The number of hydrogen-bond acceptors (Lipinski definition) is 8. The molecule has 0 saturated heterocycles. The molecule has 2 N–H and O–H groups in total. The van der Waals surface area contributed by atoms with Crippen molar-refractivity contribution in [3.8, 4) is 0 Å². The number of rotatable bonds is 6. The maximum absolute atomic E-state index is 10.9. The van der Waals surface area contributed by atoms with E-state index in [2.05, 4.69) is 10.2 Å². The normalized spacial score (nSPS) is 16.5. The van der Waals surface area contributed by atoms with E-state index in [9.17, 15) is 29.8 Å². The average molecular weight is 450 g/mol. The maximum Gasteiger partial charge on any atom is 0.390 e. The van der Waals surface area contributed by atoms with E-state index in [0.717, 1.165) is 63.5 Å². The number of carboxylic acid groups (broad SMARTS) is 2. The van der Waals surface area contributed by atoms with E-state index in [0.29, 0.717) is 0 Å². The van der Waals surface area contributed by atoms with Gasteiger partial charge in [-0.05, 0) is 48.4 Å². The van der Waals surface area contributed by atoms with Crippen LogP contribution in [0.1, 0.15) is 84.4 Å². The molecule has 32 heavy (non-hydrogen) atoms. The van der Waals surface area contributed by atoms with Crippen LogP contribution in [0.5, 0.6) is 0 Å². The molecule has 14 nitrogen and oxygen atoms in total. The van der Waals surface area contributed by atoms with E-state index in [1.807, 2.05) is 0 Å². The summed E-state index contributed by atoms with van der Waals surface area (Å²) in [6.45, 7) is 0. The van der Waals surface area contributed by atoms with Crippen molar-refractivity contribution in [1.82, 2.24) is 19.6 Å². The summed E-state index contributed by atoms with van der Waals surface area (Å²) in [7, 11) is 0. The summed E-state index contributed by atoms with van der Waals surface area (Å²) in [5.74, 6) is -3.04. The van der Waals surface area contributed by atoms with Gasteiger partial charge in [0.25, 0.3) is 0 Å². The molecule has 2 heterocycles. The number of aromatic nitrogens is 4. The number of hydrogen-bond donors (Lipinski definition) is 2. The number of nitro groups is 2. The number of aromatic carboxylic acids is 2. The van der Waals surface area contributed by atoms with Crippen LogP contribution in [0.4, 0.5) is 11.6 Å². The lowest BCUT2D eigenvalue weighted by atomic mass is 10.2. The molecule has 0 atom stereocenters. The summed E-state index contributed by atoms with van der Waals surface area (Å²) >= 11 is 0. The Morgan fingerprint density at radius 1 is 0.844 bits per heavy atom. The molecule has 14 heteroatoms. The molecule has 2 saturated carbocycles. The zero-order valence-electron chi connectivity index (χ0n) is 17.0. The summed E-state index contributed by atoms with van der Waals surface area (Å²) in [6.07, 6.45) is 7.34. The Kier molecular flexibility index (Phi) is 6.80. The van der Waals surface area contributed by atoms with E-state index < -0.39 is 27.6 Å². The lowest BCUT2D eigenvalue weighted by Gasteiger charge is -2.06. The van der Waals surface area contributed by atoms with Gasteiger partial charge in [0.2, 0.25) is 0 Å². The van der Waals surface area contributed by atoms with Crippen LogP contribution in [0.2, 0.25) is 0 Å². The fraction of sp³-hybridized carbons (Fsp3) is 0.556. The van der Waals surface area contributed by atoms with Gasteiger partial charge in [-0.25, -0.2) is 9.59 Å². The minimum atomic E-state index is -1.24. The molecule has 4 rings (SSSR count). The van der Waals surface area contributed by atoms with Crippen LogP contribution < -0.4 is 0 Å². The van der Waals surface area contributed by atoms with Gasteiger partial charge in [0.1, 0.15) is 6.04 Å². The van der Waals surface area contributed by atoms with Crippen LogP contribution in [-0.2, 0) is 0 Å². The summed E-state index contributed by atoms with van der Waals surface area (Å²) in [6, 6.07) is 1.98. The molecular formula is C18H22N6O8. The van der Waals surface area contributed by atoms with Crippen LogP contribution in [0.15, 0.2) is 12.1 Å². The second-order valence-corrected chi connectivity index (χ2v) is 7.67. The van der Waals surface area contributed by atoms with E-state index in [1.54, 1.807) is 0 Å². The van der Waals surface area contributed by atoms with Gasteiger partial charge in [0.15, 0.2) is 11.4 Å². The quantitative estimate of drug-likeness (QED) is 0.486. The first-order chi connectivity index (χ1) is 15.2. The van der Waals surface area contributed by atoms with Crippen LogP contribution >= 0.6 is 0 Å². The van der Waals surface area contributed by atoms with E-state index in [4.69, 9.17) is 10.2 Å². The highest BCUT2D eigenvalue weighted by Gasteiger charge is 2.31. The lowest BCUT2D eigenvalue weighted by molar-refractivity contribution is -0.393. The summed E-state index contributed by atoms with van der Waals surface area (Å²) in [5, 5.41) is 46.5. The van der Waals surface area contributed by atoms with Crippen molar-refractivity contribution in [3.63, 3.8) is 0 Å². The number of carboxylic acids is 2. The van der Waals surface area contributed by atoms with Crippen molar-refractivity contribution in [2.24, 2.45) is 0 Å². The van der Waals surface area contributed by atoms with Gasteiger partial charge < -0.3 is 30.4 Å². The van der Waals surface area contributed by atoms with Crippen LogP contribution in [0, 0.1) is 20.2 Å². The largest absolute Gasteiger partial charge is 0.476 e. The predicted octanol–water partition coefficient (Wildman–Crippen LogP) is 3.21. The molecule has 2 aliphatic rings. The molecule has 0 aromatic carbocycles. The SMILES string of the molecule is O=C(O)c1cc([N+](=O)[O-])n(C2CCCC2)n1.O=C(O)c1cc([N+](=O)[O-])nn1C1CCCC1.